The monoisotopic (exact) mass is 363 g/mol. The Morgan fingerprint density at radius 1 is 1.29 bits per heavy atom. The van der Waals surface area contributed by atoms with Gasteiger partial charge >= 0.3 is 0 Å². The van der Waals surface area contributed by atoms with Gasteiger partial charge in [0.2, 0.25) is 10.0 Å². The Hall–Kier alpha value is -2.23. The van der Waals surface area contributed by atoms with Crippen LogP contribution in [0.2, 0.25) is 0 Å². The molecule has 0 spiro atoms. The largest absolute Gasteiger partial charge is 0.355 e. The van der Waals surface area contributed by atoms with E-state index in [0.717, 1.165) is 16.9 Å². The third kappa shape index (κ3) is 3.99. The second-order valence-electron chi connectivity index (χ2n) is 5.35. The van der Waals surface area contributed by atoms with Crippen LogP contribution in [0.1, 0.15) is 24.1 Å². The van der Waals surface area contributed by atoms with Gasteiger partial charge in [-0.25, -0.2) is 18.5 Å². The summed E-state index contributed by atoms with van der Waals surface area (Å²) in [4.78, 5) is 4.04. The van der Waals surface area contributed by atoms with E-state index >= 15 is 0 Å². The van der Waals surface area contributed by atoms with Crippen LogP contribution in [0.15, 0.2) is 53.1 Å². The molecule has 1 unspecified atom stereocenters. The van der Waals surface area contributed by atoms with Crippen molar-refractivity contribution >= 4 is 26.5 Å². The minimum absolute atomic E-state index is 0.0389. The SMILES string of the molecule is CC(Nc1ncc(S(N)(=O)=O)s1)c1cnn(Cc2ccccc2)c1. The number of nitrogens with two attached hydrogens (primary N) is 1. The number of primary sulfonamides is 1. The van der Waals surface area contributed by atoms with E-state index in [1.807, 2.05) is 48.1 Å². The molecule has 0 amide bonds. The van der Waals surface area contributed by atoms with Crippen LogP contribution in [0.5, 0.6) is 0 Å². The third-order valence-corrected chi connectivity index (χ3v) is 5.78. The van der Waals surface area contributed by atoms with Crippen molar-refractivity contribution in [1.29, 1.82) is 0 Å². The molecule has 3 rings (SSSR count). The number of nitrogens with zero attached hydrogens (tertiary/aromatic N) is 3. The van der Waals surface area contributed by atoms with Gasteiger partial charge in [-0.15, -0.1) is 0 Å². The Morgan fingerprint density at radius 2 is 2.04 bits per heavy atom. The standard InChI is InChI=1S/C15H17N5O2S2/c1-11(19-15-17-8-14(23-15)24(16,21)22)13-7-18-20(10-13)9-12-5-3-2-4-6-12/h2-8,10-11H,9H2,1H3,(H,17,19)(H2,16,21,22). The van der Waals surface area contributed by atoms with E-state index in [2.05, 4.69) is 15.4 Å². The Balaban J connectivity index is 1.67. The second kappa shape index (κ2) is 6.71. The van der Waals surface area contributed by atoms with E-state index in [-0.39, 0.29) is 10.3 Å². The van der Waals surface area contributed by atoms with Gasteiger partial charge < -0.3 is 5.32 Å². The highest BCUT2D eigenvalue weighted by Crippen LogP contribution is 2.25. The van der Waals surface area contributed by atoms with Crippen molar-refractivity contribution in [2.45, 2.75) is 23.7 Å². The van der Waals surface area contributed by atoms with Crippen LogP contribution < -0.4 is 10.5 Å². The summed E-state index contributed by atoms with van der Waals surface area (Å²) in [5.74, 6) is 0. The van der Waals surface area contributed by atoms with Gasteiger partial charge in [0.15, 0.2) is 9.34 Å². The Labute approximate surface area is 144 Å². The number of hydrogen-bond donors (Lipinski definition) is 2. The molecular weight excluding hydrogens is 346 g/mol. The molecule has 0 bridgehead atoms. The molecule has 2 heterocycles. The van der Waals surface area contributed by atoms with Gasteiger partial charge in [0.25, 0.3) is 0 Å². The summed E-state index contributed by atoms with van der Waals surface area (Å²) >= 11 is 1.01. The fourth-order valence-corrected chi connectivity index (χ4v) is 3.72. The smallest absolute Gasteiger partial charge is 0.249 e. The Bertz CT molecular complexity index is 918. The fraction of sp³-hybridized carbons (Fsp3) is 0.200. The molecule has 0 fully saturated rings. The van der Waals surface area contributed by atoms with Gasteiger partial charge in [-0.3, -0.25) is 4.68 Å². The van der Waals surface area contributed by atoms with E-state index in [1.54, 1.807) is 6.20 Å². The van der Waals surface area contributed by atoms with Crippen molar-refractivity contribution in [2.24, 2.45) is 5.14 Å². The summed E-state index contributed by atoms with van der Waals surface area (Å²) in [5, 5.41) is 13.1. The number of rotatable bonds is 6. The molecule has 0 aliphatic rings. The van der Waals surface area contributed by atoms with E-state index in [1.165, 1.54) is 11.8 Å². The highest BCUT2D eigenvalue weighted by atomic mass is 32.2. The van der Waals surface area contributed by atoms with Crippen molar-refractivity contribution in [3.05, 3.63) is 60.0 Å². The summed E-state index contributed by atoms with van der Waals surface area (Å²) in [6.07, 6.45) is 5.00. The van der Waals surface area contributed by atoms with Gasteiger partial charge in [0.1, 0.15) is 0 Å². The lowest BCUT2D eigenvalue weighted by molar-refractivity contribution is 0.599. The predicted molar refractivity (Wildman–Crippen MR) is 93.3 cm³/mol. The average Bonchev–Trinajstić information content (AvgIpc) is 3.17. The highest BCUT2D eigenvalue weighted by Gasteiger charge is 2.15. The van der Waals surface area contributed by atoms with E-state index < -0.39 is 10.0 Å². The van der Waals surface area contributed by atoms with Crippen molar-refractivity contribution in [3.8, 4) is 0 Å². The van der Waals surface area contributed by atoms with Gasteiger partial charge in [-0.2, -0.15) is 5.10 Å². The highest BCUT2D eigenvalue weighted by molar-refractivity contribution is 7.91. The lowest BCUT2D eigenvalue weighted by Crippen LogP contribution is -2.10. The summed E-state index contributed by atoms with van der Waals surface area (Å²) in [6.45, 7) is 2.66. The molecular formula is C15H17N5O2S2. The van der Waals surface area contributed by atoms with Crippen LogP contribution >= 0.6 is 11.3 Å². The average molecular weight is 363 g/mol. The minimum Gasteiger partial charge on any atom is -0.355 e. The number of aromatic nitrogens is 3. The number of nitrogens with one attached hydrogen (secondary N) is 1. The number of sulfonamides is 1. The van der Waals surface area contributed by atoms with E-state index in [0.29, 0.717) is 11.7 Å². The predicted octanol–water partition coefficient (Wildman–Crippen LogP) is 2.21. The number of hydrogen-bond acceptors (Lipinski definition) is 6. The molecule has 0 saturated heterocycles. The third-order valence-electron chi connectivity index (χ3n) is 3.45. The summed E-state index contributed by atoms with van der Waals surface area (Å²) < 4.78 is 24.5. The minimum atomic E-state index is -3.71. The maximum absolute atomic E-state index is 11.3. The number of benzene rings is 1. The molecule has 24 heavy (non-hydrogen) atoms. The summed E-state index contributed by atoms with van der Waals surface area (Å²) in [5.41, 5.74) is 2.16. The van der Waals surface area contributed by atoms with Crippen molar-refractivity contribution in [2.75, 3.05) is 5.32 Å². The van der Waals surface area contributed by atoms with Gasteiger partial charge in [-0.05, 0) is 12.5 Å². The Morgan fingerprint density at radius 3 is 2.71 bits per heavy atom. The molecule has 1 atom stereocenters. The maximum Gasteiger partial charge on any atom is 0.249 e. The van der Waals surface area contributed by atoms with Crippen LogP contribution in [0.3, 0.4) is 0 Å². The molecule has 0 saturated carbocycles. The first-order valence-electron chi connectivity index (χ1n) is 7.23. The zero-order valence-electron chi connectivity index (χ0n) is 13.0. The second-order valence-corrected chi connectivity index (χ2v) is 8.17. The zero-order valence-corrected chi connectivity index (χ0v) is 14.6. The molecule has 0 radical (unpaired) electrons. The Kier molecular flexibility index (Phi) is 4.65. The van der Waals surface area contributed by atoms with Crippen molar-refractivity contribution in [3.63, 3.8) is 0 Å². The van der Waals surface area contributed by atoms with E-state index in [9.17, 15) is 8.42 Å². The topological polar surface area (TPSA) is 103 Å². The van der Waals surface area contributed by atoms with Gasteiger partial charge in [0, 0.05) is 11.8 Å². The van der Waals surface area contributed by atoms with Crippen LogP contribution in [-0.4, -0.2) is 23.2 Å². The quantitative estimate of drug-likeness (QED) is 0.699. The normalized spacial score (nSPS) is 12.9. The molecule has 7 nitrogen and oxygen atoms in total. The van der Waals surface area contributed by atoms with Crippen molar-refractivity contribution in [1.82, 2.24) is 14.8 Å². The molecule has 126 valence electrons. The van der Waals surface area contributed by atoms with Crippen LogP contribution in [-0.2, 0) is 16.6 Å². The molecule has 0 aliphatic heterocycles. The summed E-state index contributed by atoms with van der Waals surface area (Å²) in [7, 11) is -3.71. The van der Waals surface area contributed by atoms with Crippen LogP contribution in [0.25, 0.3) is 0 Å². The van der Waals surface area contributed by atoms with Gasteiger partial charge in [0.05, 0.1) is 25.0 Å². The fourth-order valence-electron chi connectivity index (χ4n) is 2.19. The van der Waals surface area contributed by atoms with Crippen LogP contribution in [0.4, 0.5) is 5.13 Å². The van der Waals surface area contributed by atoms with E-state index in [4.69, 9.17) is 5.14 Å². The molecule has 9 heteroatoms. The van der Waals surface area contributed by atoms with Gasteiger partial charge in [-0.1, -0.05) is 41.7 Å². The maximum atomic E-state index is 11.3. The number of anilines is 1. The van der Waals surface area contributed by atoms with Crippen LogP contribution in [0, 0.1) is 0 Å². The summed E-state index contributed by atoms with van der Waals surface area (Å²) in [6, 6.07) is 10.0. The lowest BCUT2D eigenvalue weighted by Gasteiger charge is -2.10. The first-order valence-corrected chi connectivity index (χ1v) is 9.59. The van der Waals surface area contributed by atoms with Crippen molar-refractivity contribution < 1.29 is 8.42 Å². The first kappa shape index (κ1) is 16.6. The zero-order chi connectivity index (χ0) is 17.2. The molecule has 1 aromatic carbocycles. The molecule has 3 aromatic rings. The molecule has 2 aromatic heterocycles. The number of thiazole rings is 1. The molecule has 0 aliphatic carbocycles. The first-order chi connectivity index (χ1) is 11.4. The lowest BCUT2D eigenvalue weighted by atomic mass is 10.2. The molecule has 3 N–H and O–H groups in total.